The van der Waals surface area contributed by atoms with Gasteiger partial charge in [-0.05, 0) is 42.0 Å². The SMILES string of the molecule is COc1cc(Nc2ccc3nnn(Cc4ccc5ncccc5c4)c3n2)ccn1. The molecule has 4 heterocycles. The molecule has 0 radical (unpaired) electrons. The maximum absolute atomic E-state index is 5.17. The van der Waals surface area contributed by atoms with Gasteiger partial charge in [0.15, 0.2) is 5.65 Å². The molecule has 5 aromatic rings. The van der Waals surface area contributed by atoms with Gasteiger partial charge in [-0.25, -0.2) is 14.6 Å². The van der Waals surface area contributed by atoms with Crippen LogP contribution in [0.2, 0.25) is 0 Å². The van der Waals surface area contributed by atoms with Gasteiger partial charge in [-0.3, -0.25) is 4.98 Å². The van der Waals surface area contributed by atoms with Crippen molar-refractivity contribution in [3.63, 3.8) is 0 Å². The van der Waals surface area contributed by atoms with Gasteiger partial charge < -0.3 is 10.1 Å². The number of pyridine rings is 3. The Kier molecular flexibility index (Phi) is 4.21. The lowest BCUT2D eigenvalue weighted by Gasteiger charge is -2.08. The first-order chi connectivity index (χ1) is 14.3. The van der Waals surface area contributed by atoms with E-state index in [0.29, 0.717) is 23.9 Å². The number of hydrogen-bond acceptors (Lipinski definition) is 7. The van der Waals surface area contributed by atoms with Gasteiger partial charge in [-0.15, -0.1) is 5.10 Å². The maximum atomic E-state index is 5.17. The monoisotopic (exact) mass is 383 g/mol. The average Bonchev–Trinajstić information content (AvgIpc) is 3.16. The number of rotatable bonds is 5. The quantitative estimate of drug-likeness (QED) is 0.496. The lowest BCUT2D eigenvalue weighted by Crippen LogP contribution is -2.04. The van der Waals surface area contributed by atoms with Crippen molar-refractivity contribution in [2.45, 2.75) is 6.54 Å². The van der Waals surface area contributed by atoms with E-state index in [9.17, 15) is 0 Å². The Morgan fingerprint density at radius 1 is 0.966 bits per heavy atom. The predicted molar refractivity (Wildman–Crippen MR) is 110 cm³/mol. The highest BCUT2D eigenvalue weighted by atomic mass is 16.5. The van der Waals surface area contributed by atoms with Crippen molar-refractivity contribution in [3.05, 3.63) is 72.6 Å². The number of nitrogens with zero attached hydrogens (tertiary/aromatic N) is 6. The molecule has 0 unspecified atom stereocenters. The van der Waals surface area contributed by atoms with E-state index in [1.165, 1.54) is 0 Å². The van der Waals surface area contributed by atoms with Crippen molar-refractivity contribution in [2.75, 3.05) is 12.4 Å². The van der Waals surface area contributed by atoms with E-state index >= 15 is 0 Å². The molecule has 8 heteroatoms. The summed E-state index contributed by atoms with van der Waals surface area (Å²) in [6.45, 7) is 0.570. The first-order valence-electron chi connectivity index (χ1n) is 9.09. The summed E-state index contributed by atoms with van der Waals surface area (Å²) >= 11 is 0. The second kappa shape index (κ2) is 7.16. The lowest BCUT2D eigenvalue weighted by atomic mass is 10.1. The van der Waals surface area contributed by atoms with Crippen molar-refractivity contribution >= 4 is 33.6 Å². The normalized spacial score (nSPS) is 11.1. The van der Waals surface area contributed by atoms with Crippen LogP contribution < -0.4 is 10.1 Å². The van der Waals surface area contributed by atoms with E-state index in [4.69, 9.17) is 9.72 Å². The van der Waals surface area contributed by atoms with Crippen LogP contribution in [-0.4, -0.2) is 37.1 Å². The van der Waals surface area contributed by atoms with Crippen LogP contribution >= 0.6 is 0 Å². The highest BCUT2D eigenvalue weighted by Crippen LogP contribution is 2.21. The zero-order valence-electron chi connectivity index (χ0n) is 15.6. The number of aromatic nitrogens is 6. The minimum Gasteiger partial charge on any atom is -0.481 e. The third-order valence-electron chi connectivity index (χ3n) is 4.58. The summed E-state index contributed by atoms with van der Waals surface area (Å²) in [5, 5.41) is 12.9. The number of ether oxygens (including phenoxy) is 1. The molecule has 0 spiro atoms. The average molecular weight is 383 g/mol. The molecule has 5 rings (SSSR count). The third kappa shape index (κ3) is 3.43. The number of methoxy groups -OCH3 is 1. The van der Waals surface area contributed by atoms with Gasteiger partial charge in [0.2, 0.25) is 5.88 Å². The summed E-state index contributed by atoms with van der Waals surface area (Å²) in [6, 6.07) is 17.6. The van der Waals surface area contributed by atoms with Crippen LogP contribution in [-0.2, 0) is 6.54 Å². The largest absolute Gasteiger partial charge is 0.481 e. The van der Waals surface area contributed by atoms with Crippen LogP contribution in [0.5, 0.6) is 5.88 Å². The lowest BCUT2D eigenvalue weighted by molar-refractivity contribution is 0.398. The van der Waals surface area contributed by atoms with E-state index < -0.39 is 0 Å². The molecule has 0 aliphatic carbocycles. The van der Waals surface area contributed by atoms with Crippen LogP contribution in [0.1, 0.15) is 5.56 Å². The first kappa shape index (κ1) is 17.1. The fourth-order valence-corrected chi connectivity index (χ4v) is 3.17. The maximum Gasteiger partial charge on any atom is 0.214 e. The van der Waals surface area contributed by atoms with Crippen molar-refractivity contribution in [2.24, 2.45) is 0 Å². The molecule has 0 saturated carbocycles. The van der Waals surface area contributed by atoms with Crippen molar-refractivity contribution in [1.29, 1.82) is 0 Å². The zero-order chi connectivity index (χ0) is 19.6. The zero-order valence-corrected chi connectivity index (χ0v) is 15.6. The summed E-state index contributed by atoms with van der Waals surface area (Å²) < 4.78 is 6.96. The summed E-state index contributed by atoms with van der Waals surface area (Å²) in [7, 11) is 1.59. The number of anilines is 2. The van der Waals surface area contributed by atoms with Gasteiger partial charge in [-0.2, -0.15) is 0 Å². The third-order valence-corrected chi connectivity index (χ3v) is 4.58. The smallest absolute Gasteiger partial charge is 0.214 e. The first-order valence-corrected chi connectivity index (χ1v) is 9.09. The van der Waals surface area contributed by atoms with Crippen molar-refractivity contribution in [3.8, 4) is 5.88 Å². The summed E-state index contributed by atoms with van der Waals surface area (Å²) in [5.41, 5.74) is 4.37. The Morgan fingerprint density at radius 3 is 2.83 bits per heavy atom. The van der Waals surface area contributed by atoms with Gasteiger partial charge in [0.1, 0.15) is 11.3 Å². The molecule has 0 amide bonds. The van der Waals surface area contributed by atoms with E-state index in [2.05, 4.69) is 37.7 Å². The van der Waals surface area contributed by atoms with Gasteiger partial charge in [0.25, 0.3) is 0 Å². The van der Waals surface area contributed by atoms with Crippen LogP contribution in [0.3, 0.4) is 0 Å². The summed E-state index contributed by atoms with van der Waals surface area (Å²) in [5.74, 6) is 1.23. The Hall–Kier alpha value is -4.07. The van der Waals surface area contributed by atoms with Gasteiger partial charge in [-0.1, -0.05) is 17.3 Å². The molecule has 8 nitrogen and oxygen atoms in total. The number of hydrogen-bond donors (Lipinski definition) is 1. The molecule has 1 aromatic carbocycles. The van der Waals surface area contributed by atoms with Gasteiger partial charge >= 0.3 is 0 Å². The summed E-state index contributed by atoms with van der Waals surface area (Å²) in [4.78, 5) is 13.2. The molecule has 0 aliphatic heterocycles. The molecule has 0 fully saturated rings. The van der Waals surface area contributed by atoms with E-state index in [1.807, 2.05) is 42.5 Å². The minimum absolute atomic E-state index is 0.536. The predicted octanol–water partition coefficient (Wildman–Crippen LogP) is 3.57. The number of nitrogens with one attached hydrogen (secondary N) is 1. The van der Waals surface area contributed by atoms with E-state index in [0.717, 1.165) is 27.7 Å². The molecule has 0 saturated heterocycles. The van der Waals surface area contributed by atoms with Gasteiger partial charge in [0.05, 0.1) is 19.2 Å². The fourth-order valence-electron chi connectivity index (χ4n) is 3.17. The highest BCUT2D eigenvalue weighted by molar-refractivity contribution is 5.79. The molecular weight excluding hydrogens is 366 g/mol. The molecule has 0 bridgehead atoms. The molecule has 29 heavy (non-hydrogen) atoms. The van der Waals surface area contributed by atoms with Crippen LogP contribution in [0.25, 0.3) is 22.1 Å². The topological polar surface area (TPSA) is 90.6 Å². The van der Waals surface area contributed by atoms with Crippen molar-refractivity contribution in [1.82, 2.24) is 29.9 Å². The number of fused-ring (bicyclic) bond motifs is 2. The Morgan fingerprint density at radius 2 is 1.90 bits per heavy atom. The van der Waals surface area contributed by atoms with E-state index in [-0.39, 0.29) is 0 Å². The van der Waals surface area contributed by atoms with Gasteiger partial charge in [0, 0.05) is 29.5 Å². The van der Waals surface area contributed by atoms with Crippen molar-refractivity contribution < 1.29 is 4.74 Å². The molecule has 142 valence electrons. The van der Waals surface area contributed by atoms with Crippen LogP contribution in [0.4, 0.5) is 11.5 Å². The Balaban J connectivity index is 1.45. The fraction of sp³-hybridized carbons (Fsp3) is 0.0952. The molecule has 0 aliphatic rings. The second-order valence-corrected chi connectivity index (χ2v) is 6.53. The number of benzene rings is 1. The molecule has 0 atom stereocenters. The standard InChI is InChI=1S/C21H17N7O/c1-29-20-12-16(8-10-23-20)24-19-7-6-18-21(25-19)28(27-26-18)13-14-4-5-17-15(11-14)3-2-9-22-17/h2-12H,13H2,1H3,(H,23,24,25). The molecule has 1 N–H and O–H groups in total. The Labute approximate surface area is 166 Å². The minimum atomic E-state index is 0.536. The van der Waals surface area contributed by atoms with Crippen LogP contribution in [0.15, 0.2) is 67.0 Å². The Bertz CT molecular complexity index is 1310. The summed E-state index contributed by atoms with van der Waals surface area (Å²) in [6.07, 6.45) is 3.48. The molecular formula is C21H17N7O. The highest BCUT2D eigenvalue weighted by Gasteiger charge is 2.09. The molecule has 4 aromatic heterocycles. The second-order valence-electron chi connectivity index (χ2n) is 6.53. The van der Waals surface area contributed by atoms with Crippen LogP contribution in [0, 0.1) is 0 Å². The van der Waals surface area contributed by atoms with E-state index in [1.54, 1.807) is 24.2 Å².